The number of hydrogen-bond donors (Lipinski definition) is 3. The van der Waals surface area contributed by atoms with E-state index in [1.54, 1.807) is 0 Å². The number of carbonyl (C=O) groups excluding carboxylic acids is 4. The molecule has 19 heteroatoms. The zero-order chi connectivity index (χ0) is 77.4. The fourth-order valence-corrected chi connectivity index (χ4v) is 14.9. The lowest BCUT2D eigenvalue weighted by Crippen LogP contribution is -2.30. The average molecular weight is 1540 g/mol. The fraction of sp³-hybridized carbons (Fsp3) is 0.953. The van der Waals surface area contributed by atoms with E-state index in [-0.39, 0.29) is 25.7 Å². The molecule has 6 atom stereocenters. The summed E-state index contributed by atoms with van der Waals surface area (Å²) in [6.07, 6.45) is 63.9. The molecule has 624 valence electrons. The molecular formula is C86H168O17P2. The summed E-state index contributed by atoms with van der Waals surface area (Å²) >= 11 is 0. The molecule has 0 saturated heterocycles. The summed E-state index contributed by atoms with van der Waals surface area (Å²) in [5.74, 6) is 1.06. The van der Waals surface area contributed by atoms with Crippen LogP contribution in [-0.4, -0.2) is 96.7 Å². The summed E-state index contributed by atoms with van der Waals surface area (Å²) in [5.41, 5.74) is 0. The number of phosphoric ester groups is 2. The molecule has 0 aromatic carbocycles. The zero-order valence-corrected chi connectivity index (χ0v) is 71.2. The maximum atomic E-state index is 13.1. The number of carbonyl (C=O) groups is 4. The molecule has 0 aromatic rings. The molecule has 0 spiro atoms. The Hall–Kier alpha value is -1.94. The topological polar surface area (TPSA) is 237 Å². The van der Waals surface area contributed by atoms with Crippen LogP contribution in [0.4, 0.5) is 0 Å². The summed E-state index contributed by atoms with van der Waals surface area (Å²) < 4.78 is 68.9. The second kappa shape index (κ2) is 74.8. The van der Waals surface area contributed by atoms with Gasteiger partial charge in [0.1, 0.15) is 19.3 Å². The molecule has 0 bridgehead atoms. The van der Waals surface area contributed by atoms with Gasteiger partial charge in [0.05, 0.1) is 26.4 Å². The molecule has 0 saturated carbocycles. The number of rotatable bonds is 83. The fourth-order valence-electron chi connectivity index (χ4n) is 13.3. The van der Waals surface area contributed by atoms with Crippen LogP contribution in [0.3, 0.4) is 0 Å². The number of hydrogen-bond acceptors (Lipinski definition) is 15. The number of ether oxygens (including phenoxy) is 4. The van der Waals surface area contributed by atoms with E-state index in [9.17, 15) is 43.2 Å². The molecule has 0 rings (SSSR count). The predicted octanol–water partition coefficient (Wildman–Crippen LogP) is 25.9. The minimum atomic E-state index is -4.97. The van der Waals surface area contributed by atoms with Gasteiger partial charge < -0.3 is 33.8 Å². The van der Waals surface area contributed by atoms with Crippen LogP contribution in [0.25, 0.3) is 0 Å². The first-order chi connectivity index (χ1) is 50.6. The van der Waals surface area contributed by atoms with E-state index in [0.717, 1.165) is 114 Å². The lowest BCUT2D eigenvalue weighted by atomic mass is 9.99. The number of aliphatic hydroxyl groups is 1. The smallest absolute Gasteiger partial charge is 0.462 e. The third-order valence-corrected chi connectivity index (χ3v) is 22.3. The van der Waals surface area contributed by atoms with E-state index in [1.807, 2.05) is 0 Å². The Morgan fingerprint density at radius 3 is 0.676 bits per heavy atom. The summed E-state index contributed by atoms with van der Waals surface area (Å²) in [7, 11) is -9.93. The Bertz CT molecular complexity index is 2040. The number of unbranched alkanes of at least 4 members (excludes halogenated alkanes) is 48. The molecule has 0 amide bonds. The molecule has 0 fully saturated rings. The third-order valence-electron chi connectivity index (χ3n) is 20.4. The van der Waals surface area contributed by atoms with Crippen molar-refractivity contribution in [1.29, 1.82) is 0 Å². The van der Waals surface area contributed by atoms with Crippen LogP contribution in [0.15, 0.2) is 0 Å². The summed E-state index contributed by atoms with van der Waals surface area (Å²) in [5, 5.41) is 10.7. The van der Waals surface area contributed by atoms with Crippen molar-refractivity contribution < 1.29 is 80.2 Å². The van der Waals surface area contributed by atoms with Gasteiger partial charge in [-0.3, -0.25) is 37.3 Å². The van der Waals surface area contributed by atoms with Gasteiger partial charge >= 0.3 is 39.5 Å². The quantitative estimate of drug-likeness (QED) is 0.0222. The Kier molecular flexibility index (Phi) is 73.4. The van der Waals surface area contributed by atoms with Gasteiger partial charge in [-0.15, -0.1) is 0 Å². The number of phosphoric acid groups is 2. The van der Waals surface area contributed by atoms with Crippen molar-refractivity contribution in [3.05, 3.63) is 0 Å². The van der Waals surface area contributed by atoms with Crippen molar-refractivity contribution in [3.8, 4) is 0 Å². The maximum absolute atomic E-state index is 13.1. The zero-order valence-electron chi connectivity index (χ0n) is 69.4. The minimum Gasteiger partial charge on any atom is -0.462 e. The van der Waals surface area contributed by atoms with Crippen molar-refractivity contribution >= 4 is 39.5 Å². The second-order valence-electron chi connectivity index (χ2n) is 32.6. The Morgan fingerprint density at radius 1 is 0.267 bits per heavy atom. The van der Waals surface area contributed by atoms with E-state index in [2.05, 4.69) is 55.4 Å². The van der Waals surface area contributed by atoms with Gasteiger partial charge in [0.25, 0.3) is 0 Å². The highest BCUT2D eigenvalue weighted by atomic mass is 31.2. The van der Waals surface area contributed by atoms with Gasteiger partial charge in [-0.1, -0.05) is 396 Å². The molecular weight excluding hydrogens is 1370 g/mol. The van der Waals surface area contributed by atoms with E-state index in [0.29, 0.717) is 31.6 Å². The molecule has 4 unspecified atom stereocenters. The van der Waals surface area contributed by atoms with Gasteiger partial charge in [0.15, 0.2) is 12.2 Å². The predicted molar refractivity (Wildman–Crippen MR) is 432 cm³/mol. The van der Waals surface area contributed by atoms with Gasteiger partial charge in [0.2, 0.25) is 0 Å². The molecule has 0 aliphatic rings. The lowest BCUT2D eigenvalue weighted by Gasteiger charge is -2.21. The second-order valence-corrected chi connectivity index (χ2v) is 35.5. The van der Waals surface area contributed by atoms with Crippen molar-refractivity contribution in [2.75, 3.05) is 39.6 Å². The van der Waals surface area contributed by atoms with E-state index >= 15 is 0 Å². The van der Waals surface area contributed by atoms with Crippen LogP contribution in [0, 0.1) is 23.7 Å². The van der Waals surface area contributed by atoms with E-state index in [4.69, 9.17) is 37.0 Å². The molecule has 0 aromatic heterocycles. The SMILES string of the molecule is CCC(C)CCCCCCCCCCCCCCCCC(=O)O[C@H](COC(=O)CCCCCCCCCCCCCCCCCCC(C)C)COP(=O)(O)OCC(O)COP(=O)(O)OC[C@@H](COC(=O)CCCCCCCCCC(C)C)OC(=O)CCCCCCCCCCCCCCCCCC(C)C. The average Bonchev–Trinajstić information content (AvgIpc) is 0.929. The van der Waals surface area contributed by atoms with Gasteiger partial charge in [-0.25, -0.2) is 9.13 Å². The van der Waals surface area contributed by atoms with Crippen LogP contribution < -0.4 is 0 Å². The Morgan fingerprint density at radius 2 is 0.457 bits per heavy atom. The van der Waals surface area contributed by atoms with E-state index < -0.39 is 97.5 Å². The first-order valence-electron chi connectivity index (χ1n) is 44.2. The first kappa shape index (κ1) is 103. The van der Waals surface area contributed by atoms with Crippen molar-refractivity contribution in [1.82, 2.24) is 0 Å². The lowest BCUT2D eigenvalue weighted by molar-refractivity contribution is -0.161. The van der Waals surface area contributed by atoms with Gasteiger partial charge in [0, 0.05) is 25.7 Å². The molecule has 17 nitrogen and oxygen atoms in total. The standard InChI is InChI=1S/C86H168O17P2/c1-9-79(8)65-57-49-41-33-27-21-17-18-24-30-36-44-53-61-69-85(90)102-81(72-96-83(88)66-58-50-42-34-28-22-15-11-10-13-19-25-31-38-46-54-62-76(2)3)74-100-104(92,93)98-70-80(87)71-99-105(94,95)101-75-82(73-97-84(89)67-59-51-45-37-40-48-56-64-78(6)7)103-86(91)68-60-52-43-35-29-23-16-12-14-20-26-32-39-47-55-63-77(4)5/h76-82,87H,9-75H2,1-8H3,(H,92,93)(H,94,95)/t79?,80?,81-,82-/m1/s1. The Balaban J connectivity index is 5.24. The molecule has 0 aliphatic heterocycles. The summed E-state index contributed by atoms with van der Waals surface area (Å²) in [6, 6.07) is 0. The molecule has 0 aliphatic carbocycles. The van der Waals surface area contributed by atoms with Crippen LogP contribution in [-0.2, 0) is 65.4 Å². The highest BCUT2D eigenvalue weighted by Crippen LogP contribution is 2.45. The van der Waals surface area contributed by atoms with Gasteiger partial charge in [-0.2, -0.15) is 0 Å². The van der Waals surface area contributed by atoms with Crippen LogP contribution in [0.1, 0.15) is 447 Å². The monoisotopic (exact) mass is 1540 g/mol. The molecule has 105 heavy (non-hydrogen) atoms. The third kappa shape index (κ3) is 78.5. The van der Waals surface area contributed by atoms with Crippen LogP contribution in [0.2, 0.25) is 0 Å². The summed E-state index contributed by atoms with van der Waals surface area (Å²) in [6.45, 7) is 14.3. The van der Waals surface area contributed by atoms with Crippen LogP contribution in [0.5, 0.6) is 0 Å². The number of aliphatic hydroxyl groups excluding tert-OH is 1. The number of esters is 4. The molecule has 0 radical (unpaired) electrons. The van der Waals surface area contributed by atoms with Crippen molar-refractivity contribution in [2.45, 2.75) is 465 Å². The molecule has 3 N–H and O–H groups in total. The van der Waals surface area contributed by atoms with Crippen LogP contribution >= 0.6 is 15.6 Å². The first-order valence-corrected chi connectivity index (χ1v) is 47.2. The highest BCUT2D eigenvalue weighted by molar-refractivity contribution is 7.47. The summed E-state index contributed by atoms with van der Waals surface area (Å²) in [4.78, 5) is 73.2. The van der Waals surface area contributed by atoms with Crippen molar-refractivity contribution in [2.24, 2.45) is 23.7 Å². The molecule has 0 heterocycles. The highest BCUT2D eigenvalue weighted by Gasteiger charge is 2.31. The Labute approximate surface area is 645 Å². The minimum absolute atomic E-state index is 0.107. The maximum Gasteiger partial charge on any atom is 0.472 e. The van der Waals surface area contributed by atoms with Crippen molar-refractivity contribution in [3.63, 3.8) is 0 Å². The largest absolute Gasteiger partial charge is 0.472 e. The normalized spacial score (nSPS) is 14.2. The van der Waals surface area contributed by atoms with Gasteiger partial charge in [-0.05, 0) is 49.4 Å². The van der Waals surface area contributed by atoms with E-state index in [1.165, 1.54) is 244 Å².